The molecule has 0 spiro atoms. The molecule has 3 nitrogen and oxygen atoms in total. The van der Waals surface area contributed by atoms with E-state index in [4.69, 9.17) is 4.55 Å². The van der Waals surface area contributed by atoms with Crippen LogP contribution in [0.25, 0.3) is 0 Å². The molecular weight excluding hydrogens is 351 g/mol. The van der Waals surface area contributed by atoms with Gasteiger partial charge in [0.25, 0.3) is 10.1 Å². The fourth-order valence-electron chi connectivity index (χ4n) is 3.03. The predicted octanol–water partition coefficient (Wildman–Crippen LogP) is 6.01. The van der Waals surface area contributed by atoms with Crippen LogP contribution in [0.15, 0.2) is 29.2 Å². The molecule has 5 heteroatoms. The maximum absolute atomic E-state index is 10.6. The molecule has 1 N–H and O–H groups in total. The number of benzene rings is 1. The first-order chi connectivity index (χ1) is 11.7. The first kappa shape index (κ1) is 24.6. The monoisotopic (exact) mass is 390 g/mol. The summed E-state index contributed by atoms with van der Waals surface area (Å²) in [6, 6.07) is 6.27. The molecule has 1 rings (SSSR count). The van der Waals surface area contributed by atoms with Crippen molar-refractivity contribution in [2.24, 2.45) is 0 Å². The van der Waals surface area contributed by atoms with Crippen molar-refractivity contribution in [3.8, 4) is 0 Å². The molecule has 0 saturated carbocycles. The molecule has 0 aliphatic rings. The van der Waals surface area contributed by atoms with Crippen LogP contribution in [-0.2, 0) is 10.1 Å². The number of hydrogen-bond acceptors (Lipinski definition) is 2. The second-order valence-electron chi connectivity index (χ2n) is 7.36. The third-order valence-electron chi connectivity index (χ3n) is 4.77. The summed E-state index contributed by atoms with van der Waals surface area (Å²) in [6.45, 7) is 11.3. The van der Waals surface area contributed by atoms with Gasteiger partial charge in [-0.1, -0.05) is 18.2 Å². The quantitative estimate of drug-likeness (QED) is 0.393. The molecule has 0 aromatic heterocycles. The van der Waals surface area contributed by atoms with Crippen molar-refractivity contribution in [1.82, 2.24) is 0 Å². The standard InChI is InChI=1S/C13H31P.C7H8O3S/c1-5-8-11-14(4,12-9-6-2)13-10-7-3;1-6-4-2-3-5-7(6)11(8,9)10/h14H,5-13H2,1-4H3;2-5H,1H3,(H,8,9,10). The maximum Gasteiger partial charge on any atom is 0.294 e. The van der Waals surface area contributed by atoms with E-state index in [1.165, 1.54) is 44.6 Å². The van der Waals surface area contributed by atoms with Crippen molar-refractivity contribution >= 4 is 17.4 Å². The zero-order valence-corrected chi connectivity index (χ0v) is 18.7. The van der Waals surface area contributed by atoms with Crippen LogP contribution in [0.4, 0.5) is 0 Å². The largest absolute Gasteiger partial charge is 0.294 e. The van der Waals surface area contributed by atoms with Crippen LogP contribution in [0.3, 0.4) is 0 Å². The van der Waals surface area contributed by atoms with Gasteiger partial charge < -0.3 is 0 Å². The van der Waals surface area contributed by atoms with Gasteiger partial charge in [0, 0.05) is 0 Å². The van der Waals surface area contributed by atoms with Gasteiger partial charge in [-0.05, 0) is 18.6 Å². The van der Waals surface area contributed by atoms with Gasteiger partial charge in [0.1, 0.15) is 0 Å². The molecule has 0 unspecified atom stereocenters. The predicted molar refractivity (Wildman–Crippen MR) is 115 cm³/mol. The SMILES string of the molecule is CCCC[PH](C)(CCCC)CCCC.Cc1ccccc1S(=O)(=O)O. The van der Waals surface area contributed by atoms with E-state index in [1.807, 2.05) is 0 Å². The fourth-order valence-corrected chi connectivity index (χ4v) is 8.13. The molecule has 0 saturated heterocycles. The van der Waals surface area contributed by atoms with Gasteiger partial charge in [-0.15, -0.1) is 0 Å². The Morgan fingerprint density at radius 2 is 1.28 bits per heavy atom. The molecule has 0 amide bonds. The van der Waals surface area contributed by atoms with Crippen LogP contribution in [0.1, 0.15) is 64.9 Å². The van der Waals surface area contributed by atoms with Crippen LogP contribution >= 0.6 is 7.26 Å². The van der Waals surface area contributed by atoms with Crippen molar-refractivity contribution < 1.29 is 13.0 Å². The van der Waals surface area contributed by atoms with Crippen molar-refractivity contribution in [3.63, 3.8) is 0 Å². The van der Waals surface area contributed by atoms with E-state index in [0.29, 0.717) is 5.56 Å². The minimum atomic E-state index is -4.03. The molecular formula is C20H39O3PS. The number of unbranched alkanes of at least 4 members (excludes halogenated alkanes) is 3. The first-order valence-electron chi connectivity index (χ1n) is 9.73. The molecule has 0 atom stereocenters. The Kier molecular flexibility index (Phi) is 12.6. The van der Waals surface area contributed by atoms with E-state index in [1.54, 1.807) is 43.6 Å². The first-order valence-corrected chi connectivity index (χ1v) is 14.3. The molecule has 0 radical (unpaired) electrons. The summed E-state index contributed by atoms with van der Waals surface area (Å²) in [5.74, 6) is 0. The zero-order valence-electron chi connectivity index (χ0n) is 16.8. The number of rotatable bonds is 10. The van der Waals surface area contributed by atoms with E-state index in [9.17, 15) is 8.42 Å². The summed E-state index contributed by atoms with van der Waals surface area (Å²) >= 11 is 0. The van der Waals surface area contributed by atoms with Crippen LogP contribution in [0, 0.1) is 6.92 Å². The minimum absolute atomic E-state index is 0.0278. The molecule has 148 valence electrons. The van der Waals surface area contributed by atoms with Gasteiger partial charge in [-0.25, -0.2) is 0 Å². The third kappa shape index (κ3) is 11.0. The summed E-state index contributed by atoms with van der Waals surface area (Å²) in [5, 5.41) is 0. The van der Waals surface area contributed by atoms with E-state index < -0.39 is 17.4 Å². The Hall–Kier alpha value is -0.440. The minimum Gasteiger partial charge on any atom is -0.282 e. The molecule has 0 bridgehead atoms. The van der Waals surface area contributed by atoms with Gasteiger partial charge >= 0.3 is 91.7 Å². The van der Waals surface area contributed by atoms with Crippen molar-refractivity contribution in [1.29, 1.82) is 0 Å². The molecule has 1 aromatic rings. The fraction of sp³-hybridized carbons (Fsp3) is 0.700. The molecule has 0 heterocycles. The average Bonchev–Trinajstić information content (AvgIpc) is 2.56. The van der Waals surface area contributed by atoms with Gasteiger partial charge in [0.15, 0.2) is 0 Å². The normalized spacial score (nSPS) is 12.4. The van der Waals surface area contributed by atoms with Gasteiger partial charge in [-0.3, -0.25) is 4.55 Å². The second kappa shape index (κ2) is 12.8. The Labute approximate surface area is 156 Å². The Balaban J connectivity index is 0.000000472. The zero-order chi connectivity index (χ0) is 19.3. The van der Waals surface area contributed by atoms with Crippen molar-refractivity contribution in [2.75, 3.05) is 25.2 Å². The van der Waals surface area contributed by atoms with Crippen molar-refractivity contribution in [3.05, 3.63) is 29.8 Å². The van der Waals surface area contributed by atoms with E-state index >= 15 is 0 Å². The summed E-state index contributed by atoms with van der Waals surface area (Å²) in [4.78, 5) is -0.0278. The van der Waals surface area contributed by atoms with Crippen LogP contribution < -0.4 is 0 Å². The summed E-state index contributed by atoms with van der Waals surface area (Å²) in [7, 11) is -4.85. The van der Waals surface area contributed by atoms with Gasteiger partial charge in [0.2, 0.25) is 0 Å². The second-order valence-corrected chi connectivity index (χ2v) is 13.9. The molecule has 0 aliphatic carbocycles. The smallest absolute Gasteiger partial charge is 0.282 e. The average molecular weight is 391 g/mol. The van der Waals surface area contributed by atoms with Gasteiger partial charge in [0.05, 0.1) is 4.90 Å². The molecule has 25 heavy (non-hydrogen) atoms. The molecule has 1 aromatic carbocycles. The van der Waals surface area contributed by atoms with E-state index in [2.05, 4.69) is 27.4 Å². The Morgan fingerprint density at radius 3 is 1.56 bits per heavy atom. The van der Waals surface area contributed by atoms with Gasteiger partial charge in [-0.2, -0.15) is 8.42 Å². The summed E-state index contributed by atoms with van der Waals surface area (Å²) < 4.78 is 29.9. The topological polar surface area (TPSA) is 54.4 Å². The van der Waals surface area contributed by atoms with E-state index in [-0.39, 0.29) is 4.90 Å². The molecule has 0 aliphatic heterocycles. The van der Waals surface area contributed by atoms with E-state index in [0.717, 1.165) is 0 Å². The van der Waals surface area contributed by atoms with Crippen LogP contribution in [-0.4, -0.2) is 38.1 Å². The summed E-state index contributed by atoms with van der Waals surface area (Å²) in [5.41, 5.74) is 0.551. The van der Waals surface area contributed by atoms with Crippen LogP contribution in [0.2, 0.25) is 0 Å². The Bertz CT molecular complexity index is 548. The third-order valence-corrected chi connectivity index (χ3v) is 10.5. The summed E-state index contributed by atoms with van der Waals surface area (Å²) in [6.07, 6.45) is 13.4. The molecule has 0 fully saturated rings. The number of hydrogen-bond donors (Lipinski definition) is 1. The number of aryl methyl sites for hydroxylation is 1. The van der Waals surface area contributed by atoms with Crippen LogP contribution in [0.5, 0.6) is 0 Å². The maximum atomic E-state index is 10.6. The van der Waals surface area contributed by atoms with Crippen molar-refractivity contribution in [2.45, 2.75) is 71.1 Å². The Morgan fingerprint density at radius 1 is 0.880 bits per heavy atom.